The molecule has 30 heavy (non-hydrogen) atoms. The lowest BCUT2D eigenvalue weighted by Gasteiger charge is -2.28. The van der Waals surface area contributed by atoms with Crippen molar-refractivity contribution in [3.05, 3.63) is 29.8 Å². The van der Waals surface area contributed by atoms with Crippen LogP contribution in [0.1, 0.15) is 18.4 Å². The molecule has 1 aliphatic heterocycles. The SMILES string of the molecule is COC(=O)CCCNC(=O)CSc1nnc(N2CCOCC2)n1-c1cccc(C)c1. The van der Waals surface area contributed by atoms with Crippen molar-refractivity contribution in [2.75, 3.05) is 50.6 Å². The van der Waals surface area contributed by atoms with Gasteiger partial charge in [0.05, 0.1) is 31.8 Å². The number of anilines is 1. The molecule has 2 heterocycles. The van der Waals surface area contributed by atoms with Crippen LogP contribution in [0.4, 0.5) is 5.95 Å². The van der Waals surface area contributed by atoms with Crippen LogP contribution in [0.2, 0.25) is 0 Å². The first-order chi connectivity index (χ1) is 14.6. The van der Waals surface area contributed by atoms with Crippen molar-refractivity contribution in [1.82, 2.24) is 20.1 Å². The summed E-state index contributed by atoms with van der Waals surface area (Å²) in [6.45, 7) is 5.26. The summed E-state index contributed by atoms with van der Waals surface area (Å²) in [6, 6.07) is 8.12. The van der Waals surface area contributed by atoms with Gasteiger partial charge in [0.1, 0.15) is 0 Å². The van der Waals surface area contributed by atoms with Gasteiger partial charge in [-0.25, -0.2) is 0 Å². The first-order valence-electron chi connectivity index (χ1n) is 9.90. The van der Waals surface area contributed by atoms with Crippen LogP contribution in [0.25, 0.3) is 5.69 Å². The van der Waals surface area contributed by atoms with E-state index in [2.05, 4.69) is 31.2 Å². The number of hydrogen-bond acceptors (Lipinski definition) is 8. The van der Waals surface area contributed by atoms with Crippen LogP contribution < -0.4 is 10.2 Å². The number of benzene rings is 1. The van der Waals surface area contributed by atoms with Crippen molar-refractivity contribution in [3.63, 3.8) is 0 Å². The minimum absolute atomic E-state index is 0.114. The number of ether oxygens (including phenoxy) is 2. The molecule has 162 valence electrons. The second-order valence-corrected chi connectivity index (χ2v) is 7.82. The number of aryl methyl sites for hydroxylation is 1. The molecule has 1 amide bonds. The molecule has 1 N–H and O–H groups in total. The van der Waals surface area contributed by atoms with Crippen LogP contribution in [0.5, 0.6) is 0 Å². The van der Waals surface area contributed by atoms with Crippen LogP contribution in [0, 0.1) is 6.92 Å². The minimum atomic E-state index is -0.277. The number of aromatic nitrogens is 3. The summed E-state index contributed by atoms with van der Waals surface area (Å²) in [6.07, 6.45) is 0.832. The van der Waals surface area contributed by atoms with Gasteiger partial charge in [0.25, 0.3) is 0 Å². The smallest absolute Gasteiger partial charge is 0.305 e. The quantitative estimate of drug-likeness (QED) is 0.362. The summed E-state index contributed by atoms with van der Waals surface area (Å²) >= 11 is 1.34. The Labute approximate surface area is 180 Å². The van der Waals surface area contributed by atoms with Gasteiger partial charge in [-0.1, -0.05) is 23.9 Å². The Morgan fingerprint density at radius 3 is 2.80 bits per heavy atom. The Bertz CT molecular complexity index is 867. The maximum atomic E-state index is 12.2. The van der Waals surface area contributed by atoms with E-state index in [4.69, 9.17) is 4.74 Å². The van der Waals surface area contributed by atoms with Gasteiger partial charge in [-0.3, -0.25) is 14.2 Å². The highest BCUT2D eigenvalue weighted by molar-refractivity contribution is 7.99. The number of esters is 1. The maximum absolute atomic E-state index is 12.2. The number of nitrogens with one attached hydrogen (secondary N) is 1. The molecular weight excluding hydrogens is 406 g/mol. The van der Waals surface area contributed by atoms with Gasteiger partial charge >= 0.3 is 5.97 Å². The molecule has 0 radical (unpaired) electrons. The average Bonchev–Trinajstić information content (AvgIpc) is 3.19. The lowest BCUT2D eigenvalue weighted by Crippen LogP contribution is -2.37. The maximum Gasteiger partial charge on any atom is 0.305 e. The number of nitrogens with zero attached hydrogens (tertiary/aromatic N) is 4. The lowest BCUT2D eigenvalue weighted by molar-refractivity contribution is -0.140. The van der Waals surface area contributed by atoms with E-state index in [0.29, 0.717) is 31.3 Å². The van der Waals surface area contributed by atoms with E-state index in [-0.39, 0.29) is 24.1 Å². The zero-order valence-corrected chi connectivity index (χ0v) is 18.1. The molecule has 10 heteroatoms. The van der Waals surface area contributed by atoms with Crippen molar-refractivity contribution in [2.45, 2.75) is 24.9 Å². The van der Waals surface area contributed by atoms with Crippen molar-refractivity contribution in [3.8, 4) is 5.69 Å². The average molecular weight is 434 g/mol. The summed E-state index contributed by atoms with van der Waals surface area (Å²) in [4.78, 5) is 25.5. The van der Waals surface area contributed by atoms with Crippen LogP contribution in [-0.2, 0) is 19.1 Å². The highest BCUT2D eigenvalue weighted by atomic mass is 32.2. The monoisotopic (exact) mass is 433 g/mol. The molecule has 0 bridgehead atoms. The standard InChI is InChI=1S/C20H27N5O4S/c1-15-5-3-6-16(13-15)25-19(24-9-11-29-12-10-24)22-23-20(25)30-14-17(26)21-8-4-7-18(27)28-2/h3,5-6,13H,4,7-12,14H2,1-2H3,(H,21,26). The topological polar surface area (TPSA) is 98.6 Å². The van der Waals surface area contributed by atoms with Crippen LogP contribution >= 0.6 is 11.8 Å². The second kappa shape index (κ2) is 11.0. The van der Waals surface area contributed by atoms with Gasteiger partial charge in [0.2, 0.25) is 11.9 Å². The summed E-state index contributed by atoms with van der Waals surface area (Å²) < 4.78 is 12.0. The van der Waals surface area contributed by atoms with Gasteiger partial charge in [0.15, 0.2) is 5.16 Å². The van der Waals surface area contributed by atoms with Crippen LogP contribution in [0.15, 0.2) is 29.4 Å². The van der Waals surface area contributed by atoms with Gasteiger partial charge in [-0.15, -0.1) is 10.2 Å². The molecule has 3 rings (SSSR count). The van der Waals surface area contributed by atoms with E-state index in [1.807, 2.05) is 29.7 Å². The molecular formula is C20H27N5O4S. The molecule has 1 aromatic heterocycles. The van der Waals surface area contributed by atoms with Crippen molar-refractivity contribution in [1.29, 1.82) is 0 Å². The third kappa shape index (κ3) is 5.96. The van der Waals surface area contributed by atoms with Gasteiger partial charge in [-0.2, -0.15) is 0 Å². The number of carbonyl (C=O) groups excluding carboxylic acids is 2. The van der Waals surface area contributed by atoms with E-state index >= 15 is 0 Å². The molecule has 1 aliphatic rings. The van der Waals surface area contributed by atoms with Crippen molar-refractivity contribution in [2.24, 2.45) is 0 Å². The van der Waals surface area contributed by atoms with E-state index in [0.717, 1.165) is 30.3 Å². The van der Waals surface area contributed by atoms with E-state index in [1.54, 1.807) is 0 Å². The number of morpholine rings is 1. The third-order valence-electron chi connectivity index (χ3n) is 4.61. The predicted octanol–water partition coefficient (Wildman–Crippen LogP) is 1.57. The number of carbonyl (C=O) groups is 2. The van der Waals surface area contributed by atoms with Gasteiger partial charge in [-0.05, 0) is 31.0 Å². The molecule has 2 aromatic rings. The number of amides is 1. The van der Waals surface area contributed by atoms with Crippen molar-refractivity contribution >= 4 is 29.6 Å². The van der Waals surface area contributed by atoms with Gasteiger partial charge < -0.3 is 19.7 Å². The molecule has 0 atom stereocenters. The summed E-state index contributed by atoms with van der Waals surface area (Å²) in [5.74, 6) is 0.577. The Hall–Kier alpha value is -2.59. The molecule has 0 saturated carbocycles. The summed E-state index contributed by atoms with van der Waals surface area (Å²) in [7, 11) is 1.35. The zero-order chi connectivity index (χ0) is 21.3. The molecule has 0 aliphatic carbocycles. The number of thioether (sulfide) groups is 1. The highest BCUT2D eigenvalue weighted by Gasteiger charge is 2.22. The molecule has 0 unspecified atom stereocenters. The van der Waals surface area contributed by atoms with Crippen LogP contribution in [-0.4, -0.2) is 72.4 Å². The predicted molar refractivity (Wildman–Crippen MR) is 114 cm³/mol. The van der Waals surface area contributed by atoms with E-state index in [1.165, 1.54) is 18.9 Å². The highest BCUT2D eigenvalue weighted by Crippen LogP contribution is 2.27. The van der Waals surface area contributed by atoms with Crippen molar-refractivity contribution < 1.29 is 19.1 Å². The Kier molecular flexibility index (Phi) is 8.09. The first-order valence-corrected chi connectivity index (χ1v) is 10.9. The van der Waals surface area contributed by atoms with E-state index in [9.17, 15) is 9.59 Å². The fraction of sp³-hybridized carbons (Fsp3) is 0.500. The molecule has 0 spiro atoms. The molecule has 1 aromatic carbocycles. The third-order valence-corrected chi connectivity index (χ3v) is 5.54. The van der Waals surface area contributed by atoms with Crippen LogP contribution in [0.3, 0.4) is 0 Å². The fourth-order valence-corrected chi connectivity index (χ4v) is 3.84. The Morgan fingerprint density at radius 2 is 2.07 bits per heavy atom. The van der Waals surface area contributed by atoms with E-state index < -0.39 is 0 Å². The lowest BCUT2D eigenvalue weighted by atomic mass is 10.2. The number of hydrogen-bond donors (Lipinski definition) is 1. The first kappa shape index (κ1) is 22.1. The fourth-order valence-electron chi connectivity index (χ4n) is 3.06. The van der Waals surface area contributed by atoms with Gasteiger partial charge in [0, 0.05) is 26.1 Å². The number of rotatable bonds is 9. The molecule has 1 saturated heterocycles. The Morgan fingerprint density at radius 1 is 1.27 bits per heavy atom. The zero-order valence-electron chi connectivity index (χ0n) is 17.3. The summed E-state index contributed by atoms with van der Waals surface area (Å²) in [5, 5.41) is 12.2. The molecule has 9 nitrogen and oxygen atoms in total. The summed E-state index contributed by atoms with van der Waals surface area (Å²) in [5.41, 5.74) is 2.09. The Balaban J connectivity index is 1.67. The minimum Gasteiger partial charge on any atom is -0.469 e. The largest absolute Gasteiger partial charge is 0.469 e. The molecule has 1 fully saturated rings. The second-order valence-electron chi connectivity index (χ2n) is 6.87. The number of methoxy groups -OCH3 is 1. The normalized spacial score (nSPS) is 13.9.